The van der Waals surface area contributed by atoms with E-state index in [1.807, 2.05) is 52.0 Å². The Labute approximate surface area is 360 Å². The smallest absolute Gasteiger partial charge is 0.316 e. The lowest BCUT2D eigenvalue weighted by molar-refractivity contribution is -0.248. The molecule has 3 aromatic carbocycles. The number of aryl methyl sites for hydroxylation is 2. The van der Waals surface area contributed by atoms with Gasteiger partial charge in [-0.2, -0.15) is 0 Å². The third kappa shape index (κ3) is 11.1. The van der Waals surface area contributed by atoms with Crippen LogP contribution in [-0.2, 0) is 32.8 Å². The van der Waals surface area contributed by atoms with Crippen LogP contribution < -0.4 is 9.47 Å². The standard InChI is InChI=1S/C52H66N2O6/c1-11-13-15-17-19-39-33-42(28-22-38-25-31-44(32-26-38)60-48(56)46-36-50(5,6)54(58)52(46,9)10)40(20-18-16-14-12-2)34-41(39)27-21-37-23-29-43(30-24-37)59-47(55)45-35-49(3,4)53(57)51(45,7)8/h23-26,29-34,45-46H,11-20,35-36H2,1-10H3. The lowest BCUT2D eigenvalue weighted by Crippen LogP contribution is -2.48. The van der Waals surface area contributed by atoms with Gasteiger partial charge < -0.3 is 9.47 Å². The first-order valence-electron chi connectivity index (χ1n) is 22.1. The molecule has 0 N–H and O–H groups in total. The minimum absolute atomic E-state index is 0.392. The van der Waals surface area contributed by atoms with Gasteiger partial charge in [0.25, 0.3) is 0 Å². The highest BCUT2D eigenvalue weighted by Gasteiger charge is 2.57. The largest absolute Gasteiger partial charge is 0.426 e. The van der Waals surface area contributed by atoms with Crippen LogP contribution in [0.5, 0.6) is 11.5 Å². The molecule has 2 heterocycles. The third-order valence-corrected chi connectivity index (χ3v) is 12.6. The van der Waals surface area contributed by atoms with Crippen molar-refractivity contribution in [2.45, 2.75) is 168 Å². The maximum Gasteiger partial charge on any atom is 0.316 e. The Hall–Kier alpha value is -4.44. The van der Waals surface area contributed by atoms with Gasteiger partial charge in [-0.15, -0.1) is 20.5 Å². The zero-order valence-electron chi connectivity index (χ0n) is 37.8. The van der Waals surface area contributed by atoms with Crippen LogP contribution in [0.15, 0.2) is 60.7 Å². The normalized spacial score (nSPS) is 20.1. The Morgan fingerprint density at radius 2 is 0.900 bits per heavy atom. The van der Waals surface area contributed by atoms with Gasteiger partial charge in [-0.1, -0.05) is 76.1 Å². The van der Waals surface area contributed by atoms with Gasteiger partial charge in [-0.05, 0) is 166 Å². The monoisotopic (exact) mass is 814 g/mol. The number of unbranched alkanes of at least 4 members (excludes halogenated alkanes) is 6. The van der Waals surface area contributed by atoms with Crippen LogP contribution in [0.2, 0.25) is 0 Å². The third-order valence-electron chi connectivity index (χ3n) is 12.6. The number of rotatable bonds is 14. The summed E-state index contributed by atoms with van der Waals surface area (Å²) in [6.07, 6.45) is 11.8. The van der Waals surface area contributed by atoms with Crippen LogP contribution in [0.3, 0.4) is 0 Å². The van der Waals surface area contributed by atoms with E-state index in [2.05, 4.69) is 49.7 Å². The van der Waals surface area contributed by atoms with Crippen molar-refractivity contribution in [3.05, 3.63) is 94.0 Å². The molecular formula is C52H66N2O6. The second-order valence-corrected chi connectivity index (χ2v) is 19.2. The van der Waals surface area contributed by atoms with E-state index < -0.39 is 45.9 Å². The summed E-state index contributed by atoms with van der Waals surface area (Å²) in [7, 11) is 0. The molecule has 2 unspecified atom stereocenters. The molecule has 320 valence electrons. The molecule has 2 aliphatic rings. The Kier molecular flexibility index (Phi) is 15.2. The van der Waals surface area contributed by atoms with Crippen molar-refractivity contribution in [3.63, 3.8) is 0 Å². The van der Waals surface area contributed by atoms with E-state index >= 15 is 0 Å². The van der Waals surface area contributed by atoms with Crippen LogP contribution >= 0.6 is 0 Å². The molecule has 8 nitrogen and oxygen atoms in total. The molecule has 60 heavy (non-hydrogen) atoms. The zero-order valence-corrected chi connectivity index (χ0v) is 37.8. The van der Waals surface area contributed by atoms with Crippen molar-refractivity contribution in [2.75, 3.05) is 0 Å². The summed E-state index contributed by atoms with van der Waals surface area (Å²) >= 11 is 0. The number of esters is 2. The number of hydrogen-bond acceptors (Lipinski definition) is 6. The lowest BCUT2D eigenvalue weighted by Gasteiger charge is -2.32. The number of nitrogens with zero attached hydrogens (tertiary/aromatic N) is 2. The molecule has 5 rings (SSSR count). The molecule has 3 aromatic rings. The average Bonchev–Trinajstić information content (AvgIpc) is 3.49. The van der Waals surface area contributed by atoms with Gasteiger partial charge in [0.2, 0.25) is 0 Å². The van der Waals surface area contributed by atoms with Gasteiger partial charge in [-0.25, -0.2) is 0 Å². The summed E-state index contributed by atoms with van der Waals surface area (Å²) in [4.78, 5) is 26.4. The molecule has 8 heteroatoms. The van der Waals surface area contributed by atoms with E-state index in [1.54, 1.807) is 52.0 Å². The average molecular weight is 815 g/mol. The van der Waals surface area contributed by atoms with Crippen LogP contribution in [0, 0.1) is 35.5 Å². The SMILES string of the molecule is CCCCCCc1cc(C#Cc2ccc(OC(=O)C3CC(C)(C)N([O])C3(C)C)cc2)c(CCCCCC)cc1C#Cc1ccc(OC(=O)C2CC(C)(C)N([O])C2(C)C)cc1. The van der Waals surface area contributed by atoms with Crippen molar-refractivity contribution < 1.29 is 29.5 Å². The summed E-state index contributed by atoms with van der Waals surface area (Å²) in [5, 5.41) is 27.7. The van der Waals surface area contributed by atoms with Gasteiger partial charge in [-0.3, -0.25) is 9.59 Å². The molecule has 0 bridgehead atoms. The van der Waals surface area contributed by atoms with Crippen LogP contribution in [-0.4, -0.2) is 44.2 Å². The second kappa shape index (κ2) is 19.5. The van der Waals surface area contributed by atoms with Crippen molar-refractivity contribution in [1.29, 1.82) is 0 Å². The first kappa shape index (κ1) is 46.6. The highest BCUT2D eigenvalue weighted by atomic mass is 16.5. The molecule has 0 aliphatic carbocycles. The van der Waals surface area contributed by atoms with E-state index in [1.165, 1.54) is 24.0 Å². The van der Waals surface area contributed by atoms with E-state index in [9.17, 15) is 20.0 Å². The number of hydroxylamine groups is 4. The fourth-order valence-corrected chi connectivity index (χ4v) is 8.94. The van der Waals surface area contributed by atoms with E-state index in [-0.39, 0.29) is 0 Å². The quantitative estimate of drug-likeness (QED) is 0.0695. The lowest BCUT2D eigenvalue weighted by atomic mass is 9.87. The molecular weight excluding hydrogens is 749 g/mol. The van der Waals surface area contributed by atoms with E-state index in [0.717, 1.165) is 83.7 Å². The molecule has 2 fully saturated rings. The molecule has 0 spiro atoms. The van der Waals surface area contributed by atoms with Crippen molar-refractivity contribution in [2.24, 2.45) is 11.8 Å². The molecule has 0 saturated carbocycles. The minimum Gasteiger partial charge on any atom is -0.426 e. The molecule has 2 aliphatic heterocycles. The summed E-state index contributed by atoms with van der Waals surface area (Å²) in [5.74, 6) is 12.7. The van der Waals surface area contributed by atoms with E-state index in [0.29, 0.717) is 24.3 Å². The first-order valence-corrected chi connectivity index (χ1v) is 22.1. The Morgan fingerprint density at radius 3 is 1.20 bits per heavy atom. The zero-order chi connectivity index (χ0) is 43.9. The number of hydrogen-bond donors (Lipinski definition) is 0. The van der Waals surface area contributed by atoms with Crippen LogP contribution in [0.25, 0.3) is 0 Å². The molecule has 0 aromatic heterocycles. The van der Waals surface area contributed by atoms with Gasteiger partial charge in [0.15, 0.2) is 0 Å². The van der Waals surface area contributed by atoms with Crippen molar-refractivity contribution >= 4 is 11.9 Å². The number of carbonyl (C=O) groups excluding carboxylic acids is 2. The van der Waals surface area contributed by atoms with Gasteiger partial charge >= 0.3 is 11.9 Å². The number of ether oxygens (including phenoxy) is 2. The number of carbonyl (C=O) groups is 2. The van der Waals surface area contributed by atoms with E-state index in [4.69, 9.17) is 9.47 Å². The van der Waals surface area contributed by atoms with Crippen LogP contribution in [0.4, 0.5) is 0 Å². The van der Waals surface area contributed by atoms with Crippen molar-refractivity contribution in [1.82, 2.24) is 10.1 Å². The van der Waals surface area contributed by atoms with Gasteiger partial charge in [0.1, 0.15) is 11.5 Å². The maximum absolute atomic E-state index is 13.2. The maximum atomic E-state index is 13.2. The molecule has 2 saturated heterocycles. The summed E-state index contributed by atoms with van der Waals surface area (Å²) in [6.45, 7) is 19.1. The number of benzene rings is 3. The fourth-order valence-electron chi connectivity index (χ4n) is 8.94. The summed E-state index contributed by atoms with van der Waals surface area (Å²) in [5.41, 5.74) is 3.01. The molecule has 2 atom stereocenters. The summed E-state index contributed by atoms with van der Waals surface area (Å²) in [6, 6.07) is 19.0. The highest BCUT2D eigenvalue weighted by molar-refractivity contribution is 5.78. The predicted molar refractivity (Wildman–Crippen MR) is 236 cm³/mol. The second-order valence-electron chi connectivity index (χ2n) is 19.2. The molecule has 2 radical (unpaired) electrons. The Bertz CT molecular complexity index is 1940. The fraction of sp³-hybridized carbons (Fsp3) is 0.538. The first-order chi connectivity index (χ1) is 28.3. The van der Waals surface area contributed by atoms with Crippen molar-refractivity contribution in [3.8, 4) is 35.2 Å². The topological polar surface area (TPSA) is 98.9 Å². The Balaban J connectivity index is 1.36. The summed E-state index contributed by atoms with van der Waals surface area (Å²) < 4.78 is 11.6. The molecule has 0 amide bonds. The van der Waals surface area contributed by atoms with Gasteiger partial charge in [0.05, 0.1) is 22.9 Å². The van der Waals surface area contributed by atoms with Gasteiger partial charge in [0, 0.05) is 33.3 Å². The predicted octanol–water partition coefficient (Wildman–Crippen LogP) is 11.0. The van der Waals surface area contributed by atoms with Crippen LogP contribution in [0.1, 0.15) is 167 Å². The minimum atomic E-state index is -0.853. The highest BCUT2D eigenvalue weighted by Crippen LogP contribution is 2.45. The Morgan fingerprint density at radius 1 is 0.550 bits per heavy atom.